The average Bonchev–Trinajstić information content (AvgIpc) is 3.65. The lowest BCUT2D eigenvalue weighted by atomic mass is 10.1. The van der Waals surface area contributed by atoms with Crippen molar-refractivity contribution in [3.8, 4) is 28.7 Å². The third-order valence-electron chi connectivity index (χ3n) is 5.74. The third kappa shape index (κ3) is 5.09. The molecule has 0 aliphatic heterocycles. The minimum absolute atomic E-state index is 0.217. The fourth-order valence-corrected chi connectivity index (χ4v) is 4.03. The molecular formula is C28H22ClN3O6. The highest BCUT2D eigenvalue weighted by atomic mass is 35.5. The normalized spacial score (nSPS) is 11.8. The number of nitrogens with one attached hydrogen (secondary N) is 1. The Kier molecular flexibility index (Phi) is 7.10. The van der Waals surface area contributed by atoms with Gasteiger partial charge in [-0.05, 0) is 67.1 Å². The standard InChI is InChI=1S/C28H22ClN3O6/c1-3-21(27(33)32-20-15-17(29)9-11-22(20)35-2)38-28(34)16-8-10-18-19(14-16)31-26(24-7-5-13-37-24)25(30-18)23-6-4-12-36-23/h4-15,21H,3H2,1-2H3,(H,32,33). The van der Waals surface area contributed by atoms with Gasteiger partial charge in [0.05, 0.1) is 41.9 Å². The molecule has 0 aliphatic carbocycles. The Morgan fingerprint density at radius 3 is 2.24 bits per heavy atom. The van der Waals surface area contributed by atoms with Gasteiger partial charge in [-0.15, -0.1) is 0 Å². The number of carbonyl (C=O) groups is 2. The van der Waals surface area contributed by atoms with Crippen molar-refractivity contribution in [3.05, 3.63) is 83.8 Å². The third-order valence-corrected chi connectivity index (χ3v) is 5.98. The smallest absolute Gasteiger partial charge is 0.338 e. The van der Waals surface area contributed by atoms with Gasteiger partial charge >= 0.3 is 5.97 Å². The van der Waals surface area contributed by atoms with E-state index in [0.717, 1.165) is 0 Å². The molecule has 1 N–H and O–H groups in total. The quantitative estimate of drug-likeness (QED) is 0.229. The van der Waals surface area contributed by atoms with Crippen LogP contribution in [0.25, 0.3) is 33.9 Å². The molecule has 5 aromatic rings. The van der Waals surface area contributed by atoms with E-state index < -0.39 is 18.0 Å². The molecule has 0 saturated heterocycles. The maximum Gasteiger partial charge on any atom is 0.338 e. The van der Waals surface area contributed by atoms with Crippen molar-refractivity contribution >= 4 is 40.2 Å². The van der Waals surface area contributed by atoms with Gasteiger partial charge in [0.15, 0.2) is 17.6 Å². The Morgan fingerprint density at radius 1 is 0.947 bits per heavy atom. The van der Waals surface area contributed by atoms with Crippen LogP contribution in [-0.2, 0) is 9.53 Å². The molecule has 3 aromatic heterocycles. The number of furan rings is 2. The second-order valence-corrected chi connectivity index (χ2v) is 8.65. The summed E-state index contributed by atoms with van der Waals surface area (Å²) in [5.74, 6) is 0.271. The number of halogens is 1. The van der Waals surface area contributed by atoms with Crippen LogP contribution in [0, 0.1) is 0 Å². The van der Waals surface area contributed by atoms with E-state index in [4.69, 9.17) is 39.9 Å². The Bertz CT molecular complexity index is 1600. The zero-order valence-corrected chi connectivity index (χ0v) is 21.2. The van der Waals surface area contributed by atoms with Crippen LogP contribution < -0.4 is 10.1 Å². The molecule has 9 nitrogen and oxygen atoms in total. The summed E-state index contributed by atoms with van der Waals surface area (Å²) in [4.78, 5) is 35.3. The van der Waals surface area contributed by atoms with Gasteiger partial charge in [-0.2, -0.15) is 0 Å². The number of hydrogen-bond acceptors (Lipinski definition) is 8. The first-order valence-electron chi connectivity index (χ1n) is 11.7. The molecule has 1 atom stereocenters. The van der Waals surface area contributed by atoms with Crippen molar-refractivity contribution in [1.29, 1.82) is 0 Å². The number of amides is 1. The van der Waals surface area contributed by atoms with Crippen molar-refractivity contribution in [2.45, 2.75) is 19.4 Å². The van der Waals surface area contributed by atoms with Gasteiger partial charge in [0.1, 0.15) is 17.1 Å². The molecule has 5 rings (SSSR count). The highest BCUT2D eigenvalue weighted by Crippen LogP contribution is 2.32. The van der Waals surface area contributed by atoms with Crippen LogP contribution in [0.5, 0.6) is 5.75 Å². The highest BCUT2D eigenvalue weighted by molar-refractivity contribution is 6.31. The monoisotopic (exact) mass is 531 g/mol. The van der Waals surface area contributed by atoms with Gasteiger partial charge < -0.3 is 23.6 Å². The highest BCUT2D eigenvalue weighted by Gasteiger charge is 2.24. The van der Waals surface area contributed by atoms with Gasteiger partial charge in [0, 0.05) is 5.02 Å². The SMILES string of the molecule is CCC(OC(=O)c1ccc2nc(-c3ccco3)c(-c3ccco3)nc2c1)C(=O)Nc1cc(Cl)ccc1OC. The van der Waals surface area contributed by atoms with Crippen molar-refractivity contribution in [2.24, 2.45) is 0 Å². The van der Waals surface area contributed by atoms with Gasteiger partial charge in [0.25, 0.3) is 5.91 Å². The lowest BCUT2D eigenvalue weighted by molar-refractivity contribution is -0.124. The number of fused-ring (bicyclic) bond motifs is 1. The predicted molar refractivity (Wildman–Crippen MR) is 141 cm³/mol. The molecule has 1 unspecified atom stereocenters. The largest absolute Gasteiger partial charge is 0.495 e. The summed E-state index contributed by atoms with van der Waals surface area (Å²) in [6.07, 6.45) is 2.29. The van der Waals surface area contributed by atoms with E-state index in [-0.39, 0.29) is 12.0 Å². The number of hydrogen-bond donors (Lipinski definition) is 1. The van der Waals surface area contributed by atoms with Crippen LogP contribution in [0.1, 0.15) is 23.7 Å². The molecule has 0 fully saturated rings. The van der Waals surface area contributed by atoms with Gasteiger partial charge in [-0.1, -0.05) is 18.5 Å². The van der Waals surface area contributed by atoms with Crippen molar-refractivity contribution in [2.75, 3.05) is 12.4 Å². The van der Waals surface area contributed by atoms with Gasteiger partial charge in [-0.3, -0.25) is 4.79 Å². The number of methoxy groups -OCH3 is 1. The number of benzene rings is 2. The van der Waals surface area contributed by atoms with E-state index in [1.54, 1.807) is 73.9 Å². The minimum atomic E-state index is -1.05. The zero-order chi connectivity index (χ0) is 26.6. The second kappa shape index (κ2) is 10.8. The van der Waals surface area contributed by atoms with Crippen LogP contribution in [-0.4, -0.2) is 35.1 Å². The Hall–Kier alpha value is -4.63. The molecule has 0 aliphatic rings. The van der Waals surface area contributed by atoms with E-state index in [1.807, 2.05) is 0 Å². The van der Waals surface area contributed by atoms with Crippen molar-refractivity contribution < 1.29 is 27.9 Å². The summed E-state index contributed by atoms with van der Waals surface area (Å²) in [5, 5.41) is 3.14. The van der Waals surface area contributed by atoms with E-state index in [1.165, 1.54) is 13.4 Å². The molecule has 0 bridgehead atoms. The van der Waals surface area contributed by atoms with E-state index in [9.17, 15) is 9.59 Å². The van der Waals surface area contributed by atoms with Gasteiger partial charge in [0.2, 0.25) is 0 Å². The van der Waals surface area contributed by atoms with E-state index >= 15 is 0 Å². The maximum absolute atomic E-state index is 13.0. The summed E-state index contributed by atoms with van der Waals surface area (Å²) >= 11 is 6.05. The average molecular weight is 532 g/mol. The molecule has 38 heavy (non-hydrogen) atoms. The van der Waals surface area contributed by atoms with Crippen LogP contribution in [0.2, 0.25) is 5.02 Å². The Balaban J connectivity index is 1.41. The minimum Gasteiger partial charge on any atom is -0.495 e. The molecular weight excluding hydrogens is 510 g/mol. The van der Waals surface area contributed by atoms with Crippen LogP contribution >= 0.6 is 11.6 Å². The maximum atomic E-state index is 13.0. The summed E-state index contributed by atoms with van der Waals surface area (Å²) in [7, 11) is 1.48. The first kappa shape index (κ1) is 25.0. The summed E-state index contributed by atoms with van der Waals surface area (Å²) in [5.41, 5.74) is 2.55. The lowest BCUT2D eigenvalue weighted by Gasteiger charge is -2.17. The number of aromatic nitrogens is 2. The van der Waals surface area contributed by atoms with E-state index in [2.05, 4.69) is 5.32 Å². The zero-order valence-electron chi connectivity index (χ0n) is 20.4. The molecule has 3 heterocycles. The predicted octanol–water partition coefficient (Wildman–Crippen LogP) is 6.39. The van der Waals surface area contributed by atoms with Crippen LogP contribution in [0.15, 0.2) is 82.0 Å². The number of esters is 1. The molecule has 192 valence electrons. The fourth-order valence-electron chi connectivity index (χ4n) is 3.86. The number of anilines is 1. The molecule has 1 amide bonds. The Morgan fingerprint density at radius 2 is 1.63 bits per heavy atom. The van der Waals surface area contributed by atoms with Crippen LogP contribution in [0.4, 0.5) is 5.69 Å². The topological polar surface area (TPSA) is 117 Å². The fraction of sp³-hybridized carbons (Fsp3) is 0.143. The van der Waals surface area contributed by atoms with Crippen molar-refractivity contribution in [3.63, 3.8) is 0 Å². The van der Waals surface area contributed by atoms with Crippen LogP contribution in [0.3, 0.4) is 0 Å². The summed E-state index contributed by atoms with van der Waals surface area (Å²) in [6.45, 7) is 1.74. The summed E-state index contributed by atoms with van der Waals surface area (Å²) < 4.78 is 21.9. The molecule has 0 saturated carbocycles. The van der Waals surface area contributed by atoms with E-state index in [0.29, 0.717) is 50.4 Å². The lowest BCUT2D eigenvalue weighted by Crippen LogP contribution is -2.32. The first-order chi connectivity index (χ1) is 18.5. The first-order valence-corrected chi connectivity index (χ1v) is 12.1. The molecule has 2 aromatic carbocycles. The molecule has 0 radical (unpaired) electrons. The van der Waals surface area contributed by atoms with Crippen molar-refractivity contribution in [1.82, 2.24) is 9.97 Å². The summed E-state index contributed by atoms with van der Waals surface area (Å²) in [6, 6.07) is 16.7. The second-order valence-electron chi connectivity index (χ2n) is 8.21. The molecule has 10 heteroatoms. The molecule has 0 spiro atoms. The Labute approximate surface area is 222 Å². The number of carbonyl (C=O) groups excluding carboxylic acids is 2. The van der Waals surface area contributed by atoms with Gasteiger partial charge in [-0.25, -0.2) is 14.8 Å². The number of rotatable bonds is 8. The number of ether oxygens (including phenoxy) is 2. The number of nitrogens with zero attached hydrogens (tertiary/aromatic N) is 2.